The van der Waals surface area contributed by atoms with Gasteiger partial charge in [-0.2, -0.15) is 0 Å². The molecular weight excluding hydrogens is 264 g/mol. The fourth-order valence-electron chi connectivity index (χ4n) is 2.27. The van der Waals surface area contributed by atoms with Crippen molar-refractivity contribution in [3.05, 3.63) is 29.8 Å². The standard InChI is InChI=1S/C14H17ClN2O2/c15-9-13(18)16-12-7-3-4-10(8-12)14(19)17-11-5-1-2-6-11/h3-4,7-8,11H,1-2,5-6,9H2,(H,16,18)(H,17,19). The van der Waals surface area contributed by atoms with Crippen LogP contribution < -0.4 is 10.6 Å². The Kier molecular flexibility index (Phi) is 4.80. The van der Waals surface area contributed by atoms with E-state index < -0.39 is 0 Å². The monoisotopic (exact) mass is 280 g/mol. The first-order valence-electron chi connectivity index (χ1n) is 6.46. The molecule has 4 nitrogen and oxygen atoms in total. The summed E-state index contributed by atoms with van der Waals surface area (Å²) in [6.07, 6.45) is 4.45. The molecule has 1 fully saturated rings. The summed E-state index contributed by atoms with van der Waals surface area (Å²) < 4.78 is 0. The Morgan fingerprint density at radius 1 is 1.26 bits per heavy atom. The van der Waals surface area contributed by atoms with Crippen molar-refractivity contribution in [2.24, 2.45) is 0 Å². The number of carbonyl (C=O) groups excluding carboxylic acids is 2. The first-order valence-corrected chi connectivity index (χ1v) is 6.99. The van der Waals surface area contributed by atoms with Gasteiger partial charge in [-0.15, -0.1) is 11.6 Å². The van der Waals surface area contributed by atoms with Gasteiger partial charge in [-0.25, -0.2) is 0 Å². The van der Waals surface area contributed by atoms with Gasteiger partial charge in [0.25, 0.3) is 5.91 Å². The molecule has 1 aromatic carbocycles. The van der Waals surface area contributed by atoms with Crippen molar-refractivity contribution in [2.45, 2.75) is 31.7 Å². The lowest BCUT2D eigenvalue weighted by atomic mass is 10.1. The summed E-state index contributed by atoms with van der Waals surface area (Å²) in [5.74, 6) is -0.470. The van der Waals surface area contributed by atoms with Crippen LogP contribution in [0.5, 0.6) is 0 Å². The van der Waals surface area contributed by atoms with E-state index in [2.05, 4.69) is 10.6 Å². The highest BCUT2D eigenvalue weighted by atomic mass is 35.5. The molecule has 1 aliphatic rings. The van der Waals surface area contributed by atoms with Gasteiger partial charge in [0.2, 0.25) is 5.91 Å². The number of hydrogen-bond donors (Lipinski definition) is 2. The molecule has 2 amide bonds. The Morgan fingerprint density at radius 2 is 2.00 bits per heavy atom. The minimum absolute atomic E-state index is 0.0890. The lowest BCUT2D eigenvalue weighted by molar-refractivity contribution is -0.113. The Hall–Kier alpha value is -1.55. The Morgan fingerprint density at radius 3 is 2.68 bits per heavy atom. The molecule has 0 bridgehead atoms. The zero-order valence-electron chi connectivity index (χ0n) is 10.6. The first kappa shape index (κ1) is 13.9. The van der Waals surface area contributed by atoms with Gasteiger partial charge in [0.1, 0.15) is 5.88 Å². The van der Waals surface area contributed by atoms with Gasteiger partial charge in [-0.05, 0) is 31.0 Å². The second-order valence-corrected chi connectivity index (χ2v) is 4.98. The smallest absolute Gasteiger partial charge is 0.251 e. The summed E-state index contributed by atoms with van der Waals surface area (Å²) in [5, 5.41) is 5.64. The van der Waals surface area contributed by atoms with Crippen molar-refractivity contribution < 1.29 is 9.59 Å². The molecule has 19 heavy (non-hydrogen) atoms. The number of carbonyl (C=O) groups is 2. The van der Waals surface area contributed by atoms with E-state index >= 15 is 0 Å². The fourth-order valence-corrected chi connectivity index (χ4v) is 2.34. The van der Waals surface area contributed by atoms with E-state index in [1.807, 2.05) is 0 Å². The molecule has 0 saturated heterocycles. The first-order chi connectivity index (χ1) is 9.19. The van der Waals surface area contributed by atoms with Gasteiger partial charge in [0, 0.05) is 17.3 Å². The van der Waals surface area contributed by atoms with Crippen LogP contribution in [-0.2, 0) is 4.79 Å². The SMILES string of the molecule is O=C(CCl)Nc1cccc(C(=O)NC2CCCC2)c1. The van der Waals surface area contributed by atoms with Crippen molar-refractivity contribution in [3.63, 3.8) is 0 Å². The normalized spacial score (nSPS) is 15.2. The maximum absolute atomic E-state index is 12.1. The van der Waals surface area contributed by atoms with Crippen LogP contribution in [0.25, 0.3) is 0 Å². The summed E-state index contributed by atoms with van der Waals surface area (Å²) in [6.45, 7) is 0. The molecule has 0 radical (unpaired) electrons. The predicted molar refractivity (Wildman–Crippen MR) is 75.5 cm³/mol. The average Bonchev–Trinajstić information content (AvgIpc) is 2.91. The number of benzene rings is 1. The third-order valence-electron chi connectivity index (χ3n) is 3.22. The highest BCUT2D eigenvalue weighted by molar-refractivity contribution is 6.29. The molecule has 1 aromatic rings. The van der Waals surface area contributed by atoms with Crippen LogP contribution in [0.15, 0.2) is 24.3 Å². The van der Waals surface area contributed by atoms with Crippen LogP contribution in [0, 0.1) is 0 Å². The third kappa shape index (κ3) is 3.96. The zero-order chi connectivity index (χ0) is 13.7. The minimum atomic E-state index is -0.282. The Balaban J connectivity index is 2.00. The maximum Gasteiger partial charge on any atom is 0.251 e. The second-order valence-electron chi connectivity index (χ2n) is 4.72. The molecule has 1 aliphatic carbocycles. The van der Waals surface area contributed by atoms with E-state index in [0.717, 1.165) is 12.8 Å². The van der Waals surface area contributed by atoms with Crippen molar-refractivity contribution >= 4 is 29.1 Å². The number of alkyl halides is 1. The van der Waals surface area contributed by atoms with Gasteiger partial charge in [0.05, 0.1) is 0 Å². The number of nitrogens with one attached hydrogen (secondary N) is 2. The van der Waals surface area contributed by atoms with E-state index in [1.54, 1.807) is 24.3 Å². The van der Waals surface area contributed by atoms with Gasteiger partial charge < -0.3 is 10.6 Å². The molecule has 102 valence electrons. The highest BCUT2D eigenvalue weighted by Gasteiger charge is 2.18. The molecule has 0 spiro atoms. The maximum atomic E-state index is 12.1. The molecule has 0 atom stereocenters. The third-order valence-corrected chi connectivity index (χ3v) is 3.46. The minimum Gasteiger partial charge on any atom is -0.349 e. The summed E-state index contributed by atoms with van der Waals surface area (Å²) in [5.41, 5.74) is 1.14. The molecular formula is C14H17ClN2O2. The van der Waals surface area contributed by atoms with Gasteiger partial charge >= 0.3 is 0 Å². The number of rotatable bonds is 4. The molecule has 1 saturated carbocycles. The zero-order valence-corrected chi connectivity index (χ0v) is 11.4. The van der Waals surface area contributed by atoms with Crippen LogP contribution in [0.4, 0.5) is 5.69 Å². The molecule has 5 heteroatoms. The van der Waals surface area contributed by atoms with E-state index in [0.29, 0.717) is 11.3 Å². The van der Waals surface area contributed by atoms with E-state index in [-0.39, 0.29) is 23.7 Å². The van der Waals surface area contributed by atoms with Crippen molar-refractivity contribution in [1.82, 2.24) is 5.32 Å². The lowest BCUT2D eigenvalue weighted by Gasteiger charge is -2.12. The van der Waals surface area contributed by atoms with Crippen molar-refractivity contribution in [1.29, 1.82) is 0 Å². The topological polar surface area (TPSA) is 58.2 Å². The molecule has 0 aliphatic heterocycles. The van der Waals surface area contributed by atoms with Crippen LogP contribution in [-0.4, -0.2) is 23.7 Å². The van der Waals surface area contributed by atoms with Crippen molar-refractivity contribution in [3.8, 4) is 0 Å². The molecule has 2 rings (SSSR count). The van der Waals surface area contributed by atoms with Gasteiger partial charge in [0.15, 0.2) is 0 Å². The largest absolute Gasteiger partial charge is 0.349 e. The number of anilines is 1. The summed E-state index contributed by atoms with van der Waals surface area (Å²) >= 11 is 5.43. The highest BCUT2D eigenvalue weighted by Crippen LogP contribution is 2.18. The van der Waals surface area contributed by atoms with Crippen LogP contribution in [0.3, 0.4) is 0 Å². The molecule has 2 N–H and O–H groups in total. The lowest BCUT2D eigenvalue weighted by Crippen LogP contribution is -2.32. The average molecular weight is 281 g/mol. The van der Waals surface area contributed by atoms with E-state index in [9.17, 15) is 9.59 Å². The van der Waals surface area contributed by atoms with Crippen LogP contribution in [0.1, 0.15) is 36.0 Å². The Labute approximate surface area is 117 Å². The number of amides is 2. The number of halogens is 1. The van der Waals surface area contributed by atoms with E-state index in [4.69, 9.17) is 11.6 Å². The summed E-state index contributed by atoms with van der Waals surface area (Å²) in [4.78, 5) is 23.3. The molecule has 0 unspecified atom stereocenters. The summed E-state index contributed by atoms with van der Waals surface area (Å²) in [7, 11) is 0. The summed E-state index contributed by atoms with van der Waals surface area (Å²) in [6, 6.07) is 7.16. The second kappa shape index (κ2) is 6.57. The number of hydrogen-bond acceptors (Lipinski definition) is 2. The van der Waals surface area contributed by atoms with Gasteiger partial charge in [-0.3, -0.25) is 9.59 Å². The fraction of sp³-hybridized carbons (Fsp3) is 0.429. The molecule has 0 aromatic heterocycles. The van der Waals surface area contributed by atoms with Crippen molar-refractivity contribution in [2.75, 3.05) is 11.2 Å². The van der Waals surface area contributed by atoms with Gasteiger partial charge in [-0.1, -0.05) is 18.9 Å². The molecule has 0 heterocycles. The quantitative estimate of drug-likeness (QED) is 0.833. The van der Waals surface area contributed by atoms with Crippen LogP contribution >= 0.6 is 11.6 Å². The van der Waals surface area contributed by atoms with Crippen LogP contribution in [0.2, 0.25) is 0 Å². The Bertz CT molecular complexity index is 470. The van der Waals surface area contributed by atoms with E-state index in [1.165, 1.54) is 12.8 Å². The predicted octanol–water partition coefficient (Wildman–Crippen LogP) is 2.54.